The van der Waals surface area contributed by atoms with Crippen molar-refractivity contribution in [2.75, 3.05) is 0 Å². The molecular weight excluding hydrogens is 255 g/mol. The van der Waals surface area contributed by atoms with Gasteiger partial charge in [-0.2, -0.15) is 0 Å². The quantitative estimate of drug-likeness (QED) is 0.921. The molecule has 1 aliphatic rings. The van der Waals surface area contributed by atoms with E-state index in [0.717, 1.165) is 18.6 Å². The van der Waals surface area contributed by atoms with Crippen LogP contribution in [-0.4, -0.2) is 11.2 Å². The van der Waals surface area contributed by atoms with Crippen LogP contribution in [0.4, 0.5) is 4.39 Å². The average Bonchev–Trinajstić information content (AvgIpc) is 3.23. The fraction of sp³-hybridized carbons (Fsp3) is 0.294. The summed E-state index contributed by atoms with van der Waals surface area (Å²) in [6, 6.07) is 13.4. The second-order valence-corrected chi connectivity index (χ2v) is 5.42. The zero-order valence-corrected chi connectivity index (χ0v) is 11.3. The van der Waals surface area contributed by atoms with Crippen LogP contribution in [0, 0.1) is 5.82 Å². The first-order valence-corrected chi connectivity index (χ1v) is 6.81. The number of aliphatic hydroxyl groups is 1. The SMILES string of the molecule is CC(O)(c1ccc(OC2CC2)cc1)c1cccc(F)c1. The molecule has 20 heavy (non-hydrogen) atoms. The van der Waals surface area contributed by atoms with Gasteiger partial charge in [0, 0.05) is 0 Å². The number of rotatable bonds is 4. The number of ether oxygens (including phenoxy) is 1. The van der Waals surface area contributed by atoms with Crippen molar-refractivity contribution in [3.05, 3.63) is 65.5 Å². The Bertz CT molecular complexity index is 601. The summed E-state index contributed by atoms with van der Waals surface area (Å²) in [5, 5.41) is 10.7. The van der Waals surface area contributed by atoms with E-state index in [-0.39, 0.29) is 5.82 Å². The molecule has 2 aromatic rings. The topological polar surface area (TPSA) is 29.5 Å². The molecule has 0 heterocycles. The predicted molar refractivity (Wildman–Crippen MR) is 75.2 cm³/mol. The minimum atomic E-state index is -1.22. The Balaban J connectivity index is 1.86. The molecule has 1 saturated carbocycles. The van der Waals surface area contributed by atoms with E-state index in [1.165, 1.54) is 12.1 Å². The minimum Gasteiger partial charge on any atom is -0.490 e. The Morgan fingerprint density at radius 3 is 2.40 bits per heavy atom. The third-order valence-electron chi connectivity index (χ3n) is 3.63. The molecule has 0 amide bonds. The summed E-state index contributed by atoms with van der Waals surface area (Å²) in [5.74, 6) is 0.461. The van der Waals surface area contributed by atoms with Crippen LogP contribution in [0.2, 0.25) is 0 Å². The molecule has 3 heteroatoms. The Labute approximate surface area is 117 Å². The fourth-order valence-corrected chi connectivity index (χ4v) is 2.19. The molecule has 0 spiro atoms. The van der Waals surface area contributed by atoms with Crippen LogP contribution in [0.5, 0.6) is 5.75 Å². The highest BCUT2D eigenvalue weighted by atomic mass is 19.1. The first-order valence-electron chi connectivity index (χ1n) is 6.81. The Kier molecular flexibility index (Phi) is 3.22. The lowest BCUT2D eigenvalue weighted by Gasteiger charge is -2.24. The summed E-state index contributed by atoms with van der Waals surface area (Å²) < 4.78 is 19.0. The lowest BCUT2D eigenvalue weighted by atomic mass is 9.88. The van der Waals surface area contributed by atoms with E-state index >= 15 is 0 Å². The lowest BCUT2D eigenvalue weighted by Crippen LogP contribution is -2.22. The molecule has 1 unspecified atom stereocenters. The maximum Gasteiger partial charge on any atom is 0.123 e. The van der Waals surface area contributed by atoms with Gasteiger partial charge in [0.05, 0.1) is 6.10 Å². The van der Waals surface area contributed by atoms with E-state index < -0.39 is 5.60 Å². The van der Waals surface area contributed by atoms with Crippen LogP contribution >= 0.6 is 0 Å². The highest BCUT2D eigenvalue weighted by molar-refractivity contribution is 5.38. The molecule has 0 aliphatic heterocycles. The van der Waals surface area contributed by atoms with Crippen molar-refractivity contribution in [3.8, 4) is 5.75 Å². The van der Waals surface area contributed by atoms with Crippen molar-refractivity contribution in [2.24, 2.45) is 0 Å². The third-order valence-corrected chi connectivity index (χ3v) is 3.63. The maximum absolute atomic E-state index is 13.3. The third kappa shape index (κ3) is 2.68. The number of hydrogen-bond acceptors (Lipinski definition) is 2. The second-order valence-electron chi connectivity index (χ2n) is 5.42. The normalized spacial score (nSPS) is 17.6. The molecule has 3 rings (SSSR count). The summed E-state index contributed by atoms with van der Waals surface area (Å²) in [6.45, 7) is 1.67. The largest absolute Gasteiger partial charge is 0.490 e. The maximum atomic E-state index is 13.3. The fourth-order valence-electron chi connectivity index (χ4n) is 2.19. The van der Waals surface area contributed by atoms with E-state index in [4.69, 9.17) is 4.74 Å². The summed E-state index contributed by atoms with van der Waals surface area (Å²) in [5.41, 5.74) is 0.0276. The van der Waals surface area contributed by atoms with Gasteiger partial charge in [0.1, 0.15) is 17.2 Å². The molecule has 0 aromatic heterocycles. The van der Waals surface area contributed by atoms with Gasteiger partial charge in [-0.3, -0.25) is 0 Å². The van der Waals surface area contributed by atoms with Crippen molar-refractivity contribution >= 4 is 0 Å². The number of halogens is 1. The number of benzene rings is 2. The first-order chi connectivity index (χ1) is 9.55. The molecule has 0 bridgehead atoms. The van der Waals surface area contributed by atoms with E-state index in [9.17, 15) is 9.50 Å². The van der Waals surface area contributed by atoms with Gasteiger partial charge in [-0.1, -0.05) is 24.3 Å². The van der Waals surface area contributed by atoms with Gasteiger partial charge in [0.15, 0.2) is 0 Å². The van der Waals surface area contributed by atoms with Crippen LogP contribution < -0.4 is 4.74 Å². The van der Waals surface area contributed by atoms with Crippen LogP contribution in [0.15, 0.2) is 48.5 Å². The second kappa shape index (κ2) is 4.91. The van der Waals surface area contributed by atoms with Crippen LogP contribution in [0.1, 0.15) is 30.9 Å². The van der Waals surface area contributed by atoms with Crippen molar-refractivity contribution in [3.63, 3.8) is 0 Å². The van der Waals surface area contributed by atoms with Gasteiger partial charge in [-0.05, 0) is 55.2 Å². The molecule has 0 radical (unpaired) electrons. The van der Waals surface area contributed by atoms with Gasteiger partial charge in [-0.15, -0.1) is 0 Å². The summed E-state index contributed by atoms with van der Waals surface area (Å²) in [7, 11) is 0. The smallest absolute Gasteiger partial charge is 0.123 e. The minimum absolute atomic E-state index is 0.350. The van der Waals surface area contributed by atoms with E-state index in [0.29, 0.717) is 17.2 Å². The summed E-state index contributed by atoms with van der Waals surface area (Å²) in [4.78, 5) is 0. The molecule has 1 aliphatic carbocycles. The zero-order valence-electron chi connectivity index (χ0n) is 11.3. The molecule has 0 saturated heterocycles. The highest BCUT2D eigenvalue weighted by Crippen LogP contribution is 2.32. The Hall–Kier alpha value is -1.87. The van der Waals surface area contributed by atoms with Gasteiger partial charge in [0.2, 0.25) is 0 Å². The van der Waals surface area contributed by atoms with Gasteiger partial charge >= 0.3 is 0 Å². The molecule has 1 atom stereocenters. The van der Waals surface area contributed by atoms with Gasteiger partial charge < -0.3 is 9.84 Å². The van der Waals surface area contributed by atoms with Crippen molar-refractivity contribution in [1.82, 2.24) is 0 Å². The predicted octanol–water partition coefficient (Wildman–Crippen LogP) is 3.62. The Morgan fingerprint density at radius 2 is 1.80 bits per heavy atom. The average molecular weight is 272 g/mol. The molecule has 1 fully saturated rings. The standard InChI is InChI=1S/C17H17FO2/c1-17(19,13-3-2-4-14(18)11-13)12-5-7-15(8-6-12)20-16-9-10-16/h2-8,11,16,19H,9-10H2,1H3. The van der Waals surface area contributed by atoms with Crippen molar-refractivity contribution in [2.45, 2.75) is 31.5 Å². The molecule has 2 aromatic carbocycles. The van der Waals surface area contributed by atoms with E-state index in [1.54, 1.807) is 19.1 Å². The summed E-state index contributed by atoms with van der Waals surface area (Å²) in [6.07, 6.45) is 2.58. The Morgan fingerprint density at radius 1 is 1.10 bits per heavy atom. The monoisotopic (exact) mass is 272 g/mol. The highest BCUT2D eigenvalue weighted by Gasteiger charge is 2.27. The van der Waals surface area contributed by atoms with Gasteiger partial charge in [-0.25, -0.2) is 4.39 Å². The molecule has 2 nitrogen and oxygen atoms in total. The number of hydrogen-bond donors (Lipinski definition) is 1. The molecular formula is C17H17FO2. The van der Waals surface area contributed by atoms with E-state index in [1.807, 2.05) is 24.3 Å². The van der Waals surface area contributed by atoms with Crippen molar-refractivity contribution in [1.29, 1.82) is 0 Å². The van der Waals surface area contributed by atoms with Crippen molar-refractivity contribution < 1.29 is 14.2 Å². The van der Waals surface area contributed by atoms with Crippen LogP contribution in [0.3, 0.4) is 0 Å². The van der Waals surface area contributed by atoms with Gasteiger partial charge in [0.25, 0.3) is 0 Å². The first kappa shape index (κ1) is 13.1. The zero-order chi connectivity index (χ0) is 14.2. The van der Waals surface area contributed by atoms with Crippen LogP contribution in [0.25, 0.3) is 0 Å². The van der Waals surface area contributed by atoms with Crippen LogP contribution in [-0.2, 0) is 5.60 Å². The van der Waals surface area contributed by atoms with E-state index in [2.05, 4.69) is 0 Å². The molecule has 104 valence electrons. The summed E-state index contributed by atoms with van der Waals surface area (Å²) >= 11 is 0. The molecule has 1 N–H and O–H groups in total. The lowest BCUT2D eigenvalue weighted by molar-refractivity contribution is 0.102.